The first kappa shape index (κ1) is 13.5. The summed E-state index contributed by atoms with van der Waals surface area (Å²) in [6.45, 7) is 0.469. The highest BCUT2D eigenvalue weighted by Crippen LogP contribution is 2.48. The molecule has 2 fully saturated rings. The normalized spacial score (nSPS) is 20.1. The van der Waals surface area contributed by atoms with Gasteiger partial charge in [0.05, 0.1) is 6.61 Å². The fraction of sp³-hybridized carbons (Fsp3) is 0.692. The molecular formula is C13H19NO3S2. The van der Waals surface area contributed by atoms with Gasteiger partial charge in [-0.15, -0.1) is 11.3 Å². The van der Waals surface area contributed by atoms with E-state index >= 15 is 0 Å². The van der Waals surface area contributed by atoms with Crippen molar-refractivity contribution in [2.45, 2.75) is 36.5 Å². The number of aliphatic hydroxyl groups excluding tert-OH is 1. The van der Waals surface area contributed by atoms with Crippen molar-refractivity contribution in [3.63, 3.8) is 0 Å². The number of thiophene rings is 1. The quantitative estimate of drug-likeness (QED) is 0.809. The summed E-state index contributed by atoms with van der Waals surface area (Å²) >= 11 is 1.14. The van der Waals surface area contributed by atoms with Crippen LogP contribution in [0.15, 0.2) is 16.3 Å². The third kappa shape index (κ3) is 3.18. The van der Waals surface area contributed by atoms with E-state index in [1.807, 2.05) is 0 Å². The van der Waals surface area contributed by atoms with Crippen molar-refractivity contribution in [2.75, 3.05) is 6.54 Å². The smallest absolute Gasteiger partial charge is 0.250 e. The third-order valence-electron chi connectivity index (χ3n) is 4.02. The predicted molar refractivity (Wildman–Crippen MR) is 74.4 cm³/mol. The van der Waals surface area contributed by atoms with Crippen LogP contribution in [0.3, 0.4) is 0 Å². The van der Waals surface area contributed by atoms with Crippen LogP contribution in [0.2, 0.25) is 0 Å². The number of aliphatic hydroxyl groups is 1. The van der Waals surface area contributed by atoms with E-state index in [0.717, 1.165) is 23.2 Å². The van der Waals surface area contributed by atoms with Crippen LogP contribution in [0, 0.1) is 17.8 Å². The van der Waals surface area contributed by atoms with E-state index in [4.69, 9.17) is 5.11 Å². The molecule has 0 spiro atoms. The Bertz CT molecular complexity index is 532. The SMILES string of the molecule is O=S(=O)(NCC(C1CC1)C1CC1)c1ccc(CO)s1. The molecule has 0 unspecified atom stereocenters. The van der Waals surface area contributed by atoms with Crippen molar-refractivity contribution in [2.24, 2.45) is 17.8 Å². The Labute approximate surface area is 117 Å². The van der Waals surface area contributed by atoms with E-state index in [9.17, 15) is 8.42 Å². The number of hydrogen-bond donors (Lipinski definition) is 2. The molecule has 4 nitrogen and oxygen atoms in total. The minimum atomic E-state index is -3.40. The number of sulfonamides is 1. The predicted octanol–water partition coefficient (Wildman–Crippen LogP) is 1.95. The summed E-state index contributed by atoms with van der Waals surface area (Å²) in [4.78, 5) is 0.682. The molecule has 0 aliphatic heterocycles. The Hall–Kier alpha value is -0.430. The average Bonchev–Trinajstić information content (AvgIpc) is 3.30. The molecule has 0 saturated heterocycles. The van der Waals surface area contributed by atoms with Gasteiger partial charge < -0.3 is 5.11 Å². The first-order valence-corrected chi connectivity index (χ1v) is 9.09. The van der Waals surface area contributed by atoms with E-state index in [2.05, 4.69) is 4.72 Å². The number of rotatable bonds is 7. The average molecular weight is 301 g/mol. The molecule has 2 N–H and O–H groups in total. The van der Waals surface area contributed by atoms with Gasteiger partial charge in [-0.3, -0.25) is 0 Å². The number of hydrogen-bond acceptors (Lipinski definition) is 4. The Morgan fingerprint density at radius 1 is 1.26 bits per heavy atom. The van der Waals surface area contributed by atoms with Crippen molar-refractivity contribution in [3.05, 3.63) is 17.0 Å². The van der Waals surface area contributed by atoms with E-state index < -0.39 is 10.0 Å². The van der Waals surface area contributed by atoms with E-state index in [0.29, 0.717) is 21.5 Å². The standard InChI is InChI=1S/C13H19NO3S2/c15-8-11-5-6-13(18-11)19(16,17)14-7-12(9-1-2-9)10-3-4-10/h5-6,9-10,12,14-15H,1-4,7-8H2. The molecule has 6 heteroatoms. The second-order valence-corrected chi connectivity index (χ2v) is 8.73. The van der Waals surface area contributed by atoms with Crippen LogP contribution in [-0.4, -0.2) is 20.1 Å². The van der Waals surface area contributed by atoms with Crippen LogP contribution < -0.4 is 4.72 Å². The van der Waals surface area contributed by atoms with Gasteiger partial charge in [-0.05, 0) is 55.6 Å². The van der Waals surface area contributed by atoms with E-state index in [1.54, 1.807) is 12.1 Å². The molecular weight excluding hydrogens is 282 g/mol. The monoisotopic (exact) mass is 301 g/mol. The summed E-state index contributed by atoms with van der Waals surface area (Å²) in [6, 6.07) is 3.24. The van der Waals surface area contributed by atoms with Gasteiger partial charge in [0.25, 0.3) is 0 Å². The molecule has 3 rings (SSSR count). The molecule has 19 heavy (non-hydrogen) atoms. The molecule has 0 radical (unpaired) electrons. The molecule has 2 aliphatic rings. The van der Waals surface area contributed by atoms with Gasteiger partial charge in [-0.2, -0.15) is 0 Å². The van der Waals surface area contributed by atoms with E-state index in [-0.39, 0.29) is 6.61 Å². The minimum Gasteiger partial charge on any atom is -0.391 e. The Morgan fingerprint density at radius 2 is 1.89 bits per heavy atom. The first-order valence-electron chi connectivity index (χ1n) is 6.79. The number of nitrogens with one attached hydrogen (secondary N) is 1. The van der Waals surface area contributed by atoms with Crippen LogP contribution in [0.5, 0.6) is 0 Å². The molecule has 1 aromatic heterocycles. The lowest BCUT2D eigenvalue weighted by atomic mass is 9.99. The second-order valence-electron chi connectivity index (χ2n) is 5.57. The lowest BCUT2D eigenvalue weighted by Gasteiger charge is -2.15. The Kier molecular flexibility index (Phi) is 3.68. The van der Waals surface area contributed by atoms with Crippen molar-refractivity contribution >= 4 is 21.4 Å². The van der Waals surface area contributed by atoms with E-state index in [1.165, 1.54) is 25.7 Å². The molecule has 1 heterocycles. The van der Waals surface area contributed by atoms with Crippen LogP contribution in [0.25, 0.3) is 0 Å². The molecule has 2 saturated carbocycles. The topological polar surface area (TPSA) is 66.4 Å². The maximum Gasteiger partial charge on any atom is 0.250 e. The van der Waals surface area contributed by atoms with Crippen molar-refractivity contribution in [1.29, 1.82) is 0 Å². The van der Waals surface area contributed by atoms with Gasteiger partial charge in [0.1, 0.15) is 4.21 Å². The van der Waals surface area contributed by atoms with Crippen LogP contribution in [0.1, 0.15) is 30.6 Å². The van der Waals surface area contributed by atoms with Gasteiger partial charge >= 0.3 is 0 Å². The fourth-order valence-corrected chi connectivity index (χ4v) is 4.96. The zero-order valence-corrected chi connectivity index (χ0v) is 12.3. The summed E-state index contributed by atoms with van der Waals surface area (Å²) in [6.07, 6.45) is 5.04. The molecule has 106 valence electrons. The summed E-state index contributed by atoms with van der Waals surface area (Å²) in [5.74, 6) is 2.02. The highest BCUT2D eigenvalue weighted by Gasteiger charge is 2.41. The fourth-order valence-electron chi connectivity index (χ4n) is 2.63. The van der Waals surface area contributed by atoms with Gasteiger partial charge in [0.15, 0.2) is 0 Å². The highest BCUT2D eigenvalue weighted by atomic mass is 32.2. The maximum absolute atomic E-state index is 12.2. The van der Waals surface area contributed by atoms with Crippen molar-refractivity contribution in [3.8, 4) is 0 Å². The first-order chi connectivity index (χ1) is 9.10. The molecule has 2 aliphatic carbocycles. The zero-order valence-electron chi connectivity index (χ0n) is 10.7. The van der Waals surface area contributed by atoms with Gasteiger partial charge in [-0.25, -0.2) is 13.1 Å². The van der Waals surface area contributed by atoms with Gasteiger partial charge in [0.2, 0.25) is 10.0 Å². The lowest BCUT2D eigenvalue weighted by molar-refractivity contribution is 0.285. The van der Waals surface area contributed by atoms with Crippen molar-refractivity contribution < 1.29 is 13.5 Å². The molecule has 1 aromatic rings. The maximum atomic E-state index is 12.2. The zero-order chi connectivity index (χ0) is 13.5. The highest BCUT2D eigenvalue weighted by molar-refractivity contribution is 7.91. The van der Waals surface area contributed by atoms with Gasteiger partial charge in [0, 0.05) is 11.4 Å². The van der Waals surface area contributed by atoms with Crippen LogP contribution >= 0.6 is 11.3 Å². The minimum absolute atomic E-state index is 0.104. The summed E-state index contributed by atoms with van der Waals surface area (Å²) in [5.41, 5.74) is 0. The molecule has 0 atom stereocenters. The summed E-state index contributed by atoms with van der Waals surface area (Å²) in [5, 5.41) is 8.99. The van der Waals surface area contributed by atoms with Crippen LogP contribution in [0.4, 0.5) is 0 Å². The molecule has 0 bridgehead atoms. The molecule has 0 amide bonds. The second kappa shape index (κ2) is 5.16. The summed E-state index contributed by atoms with van der Waals surface area (Å²) in [7, 11) is -3.40. The summed E-state index contributed by atoms with van der Waals surface area (Å²) < 4.78 is 27.4. The van der Waals surface area contributed by atoms with Crippen LogP contribution in [-0.2, 0) is 16.6 Å². The molecule has 0 aromatic carbocycles. The lowest BCUT2D eigenvalue weighted by Crippen LogP contribution is -2.30. The largest absolute Gasteiger partial charge is 0.391 e. The van der Waals surface area contributed by atoms with Gasteiger partial charge in [-0.1, -0.05) is 0 Å². The Balaban J connectivity index is 1.64. The van der Waals surface area contributed by atoms with Crippen molar-refractivity contribution in [1.82, 2.24) is 4.72 Å². The Morgan fingerprint density at radius 3 is 2.37 bits per heavy atom. The third-order valence-corrected chi connectivity index (χ3v) is 7.01.